The summed E-state index contributed by atoms with van der Waals surface area (Å²) in [7, 11) is 0. The van der Waals surface area contributed by atoms with Gasteiger partial charge in [0.15, 0.2) is 6.04 Å². The number of alkyl halides is 3. The number of nitrogens with one attached hydrogen (secondary N) is 1. The summed E-state index contributed by atoms with van der Waals surface area (Å²) >= 11 is 0. The molecule has 2 aromatic rings. The van der Waals surface area contributed by atoms with Gasteiger partial charge in [-0.1, -0.05) is 31.2 Å². The highest BCUT2D eigenvalue weighted by molar-refractivity contribution is 5.98. The molecule has 0 saturated heterocycles. The van der Waals surface area contributed by atoms with Crippen LogP contribution in [-0.2, 0) is 6.42 Å². The van der Waals surface area contributed by atoms with E-state index in [0.29, 0.717) is 13.1 Å². The van der Waals surface area contributed by atoms with Gasteiger partial charge in [-0.2, -0.15) is 18.3 Å². The molecule has 2 heterocycles. The topological polar surface area (TPSA) is 50.2 Å². The Bertz CT molecular complexity index is 825. The molecule has 1 aromatic heterocycles. The van der Waals surface area contributed by atoms with Crippen molar-refractivity contribution >= 4 is 11.7 Å². The summed E-state index contributed by atoms with van der Waals surface area (Å²) in [5.41, 5.74) is 2.06. The van der Waals surface area contributed by atoms with Gasteiger partial charge in [0, 0.05) is 19.5 Å². The molecule has 1 amide bonds. The van der Waals surface area contributed by atoms with E-state index in [1.54, 1.807) is 4.90 Å². The van der Waals surface area contributed by atoms with Gasteiger partial charge in [0.05, 0.1) is 12.2 Å². The number of amides is 1. The maximum absolute atomic E-state index is 13.7. The Kier molecular flexibility index (Phi) is 5.67. The van der Waals surface area contributed by atoms with Gasteiger partial charge < -0.3 is 10.2 Å². The average molecular weight is 394 g/mol. The lowest BCUT2D eigenvalue weighted by Crippen LogP contribution is -2.37. The molecule has 1 aliphatic rings. The molecule has 2 atom stereocenters. The molecule has 1 aromatic carbocycles. The molecule has 5 nitrogen and oxygen atoms in total. The SMILES string of the molecule is CCc1ccc(C2CC(C(F)(F)F)n3ncc(C(=O)N(CC)CC)c3N2)cc1. The van der Waals surface area contributed by atoms with E-state index in [2.05, 4.69) is 10.4 Å². The minimum atomic E-state index is -4.46. The quantitative estimate of drug-likeness (QED) is 0.807. The summed E-state index contributed by atoms with van der Waals surface area (Å²) in [4.78, 5) is 14.3. The van der Waals surface area contributed by atoms with Crippen LogP contribution >= 0.6 is 0 Å². The molecule has 1 aliphatic heterocycles. The van der Waals surface area contributed by atoms with Crippen LogP contribution in [0.5, 0.6) is 0 Å². The van der Waals surface area contributed by atoms with Crippen molar-refractivity contribution in [2.75, 3.05) is 18.4 Å². The normalized spacial score (nSPS) is 19.1. The van der Waals surface area contributed by atoms with Gasteiger partial charge >= 0.3 is 6.18 Å². The maximum Gasteiger partial charge on any atom is 0.410 e. The predicted octanol–water partition coefficient (Wildman–Crippen LogP) is 4.59. The standard InChI is InChI=1S/C20H25F3N4O/c1-4-13-7-9-14(10-8-13)16-11-17(20(21,22)23)27-18(25-16)15(12-24-27)19(28)26(5-2)6-3/h7-10,12,16-17,25H,4-6,11H2,1-3H3. The van der Waals surface area contributed by atoms with Crippen LogP contribution in [0.15, 0.2) is 30.5 Å². The fourth-order valence-corrected chi connectivity index (χ4v) is 3.60. The Balaban J connectivity index is 2.01. The smallest absolute Gasteiger partial charge is 0.363 e. The van der Waals surface area contributed by atoms with Crippen LogP contribution in [0.25, 0.3) is 0 Å². The highest BCUT2D eigenvalue weighted by Crippen LogP contribution is 2.44. The van der Waals surface area contributed by atoms with Gasteiger partial charge in [-0.3, -0.25) is 4.79 Å². The Morgan fingerprint density at radius 3 is 2.39 bits per heavy atom. The lowest BCUT2D eigenvalue weighted by atomic mass is 9.95. The van der Waals surface area contributed by atoms with Crippen LogP contribution in [0.3, 0.4) is 0 Å². The summed E-state index contributed by atoms with van der Waals surface area (Å²) in [5.74, 6) is -0.184. The van der Waals surface area contributed by atoms with Crippen LogP contribution < -0.4 is 5.32 Å². The van der Waals surface area contributed by atoms with Crippen molar-refractivity contribution in [3.8, 4) is 0 Å². The van der Waals surface area contributed by atoms with Crippen LogP contribution in [0.1, 0.15) is 60.8 Å². The first-order valence-electron chi connectivity index (χ1n) is 9.58. The van der Waals surface area contributed by atoms with Gasteiger partial charge in [0.25, 0.3) is 5.91 Å². The third-order valence-corrected chi connectivity index (χ3v) is 5.31. The lowest BCUT2D eigenvalue weighted by Gasteiger charge is -2.34. The second-order valence-electron chi connectivity index (χ2n) is 6.91. The van der Waals surface area contributed by atoms with Crippen molar-refractivity contribution < 1.29 is 18.0 Å². The molecule has 0 aliphatic carbocycles. The van der Waals surface area contributed by atoms with Crippen LogP contribution in [0.2, 0.25) is 0 Å². The molecule has 1 N–H and O–H groups in total. The van der Waals surface area contributed by atoms with E-state index in [4.69, 9.17) is 0 Å². The molecular formula is C20H25F3N4O. The number of benzene rings is 1. The monoisotopic (exact) mass is 394 g/mol. The van der Waals surface area contributed by atoms with E-state index in [9.17, 15) is 18.0 Å². The summed E-state index contributed by atoms with van der Waals surface area (Å²) in [5, 5.41) is 7.06. The number of hydrogen-bond donors (Lipinski definition) is 1. The number of aryl methyl sites for hydroxylation is 1. The maximum atomic E-state index is 13.7. The van der Waals surface area contributed by atoms with Crippen LogP contribution in [-0.4, -0.2) is 39.9 Å². The molecule has 2 unspecified atom stereocenters. The molecule has 3 rings (SSSR count). The number of hydrogen-bond acceptors (Lipinski definition) is 3. The van der Waals surface area contributed by atoms with Gasteiger partial charge in [-0.05, 0) is 31.4 Å². The highest BCUT2D eigenvalue weighted by atomic mass is 19.4. The highest BCUT2D eigenvalue weighted by Gasteiger charge is 2.47. The molecule has 0 spiro atoms. The Morgan fingerprint density at radius 2 is 1.86 bits per heavy atom. The van der Waals surface area contributed by atoms with Crippen molar-refractivity contribution in [2.24, 2.45) is 0 Å². The lowest BCUT2D eigenvalue weighted by molar-refractivity contribution is -0.173. The summed E-state index contributed by atoms with van der Waals surface area (Å²) < 4.78 is 42.1. The molecule has 0 saturated carbocycles. The first kappa shape index (κ1) is 20.2. The van der Waals surface area contributed by atoms with E-state index in [1.165, 1.54) is 6.20 Å². The fraction of sp³-hybridized carbons (Fsp3) is 0.500. The third-order valence-electron chi connectivity index (χ3n) is 5.31. The fourth-order valence-electron chi connectivity index (χ4n) is 3.60. The van der Waals surface area contributed by atoms with Gasteiger partial charge in [-0.25, -0.2) is 4.68 Å². The molecule has 0 fully saturated rings. The molecule has 152 valence electrons. The Morgan fingerprint density at radius 1 is 1.21 bits per heavy atom. The summed E-state index contributed by atoms with van der Waals surface area (Å²) in [6, 6.07) is 5.22. The Hall–Kier alpha value is -2.51. The molecular weight excluding hydrogens is 369 g/mol. The predicted molar refractivity (Wildman–Crippen MR) is 101 cm³/mol. The van der Waals surface area contributed by atoms with E-state index in [0.717, 1.165) is 22.2 Å². The van der Waals surface area contributed by atoms with Crippen LogP contribution in [0, 0.1) is 0 Å². The second-order valence-corrected chi connectivity index (χ2v) is 6.91. The van der Waals surface area contributed by atoms with Gasteiger partial charge in [0.1, 0.15) is 11.4 Å². The number of rotatable bonds is 5. The summed E-state index contributed by atoms with van der Waals surface area (Å²) in [6.07, 6.45) is -2.54. The van der Waals surface area contributed by atoms with Crippen molar-refractivity contribution in [1.82, 2.24) is 14.7 Å². The van der Waals surface area contributed by atoms with Gasteiger partial charge in [-0.15, -0.1) is 0 Å². The number of anilines is 1. The molecule has 28 heavy (non-hydrogen) atoms. The van der Waals surface area contributed by atoms with E-state index in [-0.39, 0.29) is 23.7 Å². The number of fused-ring (bicyclic) bond motifs is 1. The number of carbonyl (C=O) groups is 1. The minimum absolute atomic E-state index is 0.134. The molecule has 8 heteroatoms. The number of halogens is 3. The first-order chi connectivity index (χ1) is 13.3. The van der Waals surface area contributed by atoms with E-state index < -0.39 is 18.3 Å². The van der Waals surface area contributed by atoms with Crippen LogP contribution in [0.4, 0.5) is 19.0 Å². The minimum Gasteiger partial charge on any atom is -0.363 e. The van der Waals surface area contributed by atoms with Crippen molar-refractivity contribution in [3.05, 3.63) is 47.2 Å². The average Bonchev–Trinajstić information content (AvgIpc) is 3.11. The first-order valence-corrected chi connectivity index (χ1v) is 9.58. The number of nitrogens with zero attached hydrogens (tertiary/aromatic N) is 3. The third kappa shape index (κ3) is 3.72. The van der Waals surface area contributed by atoms with Crippen molar-refractivity contribution in [2.45, 2.75) is 51.9 Å². The number of carbonyl (C=O) groups excluding carboxylic acids is 1. The van der Waals surface area contributed by atoms with E-state index >= 15 is 0 Å². The zero-order valence-electron chi connectivity index (χ0n) is 16.3. The zero-order chi connectivity index (χ0) is 20.5. The molecule has 0 bridgehead atoms. The van der Waals surface area contributed by atoms with Crippen molar-refractivity contribution in [1.29, 1.82) is 0 Å². The zero-order valence-corrected chi connectivity index (χ0v) is 16.3. The molecule has 0 radical (unpaired) electrons. The van der Waals surface area contributed by atoms with Gasteiger partial charge in [0.2, 0.25) is 0 Å². The summed E-state index contributed by atoms with van der Waals surface area (Å²) in [6.45, 7) is 6.65. The van der Waals surface area contributed by atoms with E-state index in [1.807, 2.05) is 45.0 Å². The number of aromatic nitrogens is 2. The largest absolute Gasteiger partial charge is 0.410 e. The Labute approximate surface area is 162 Å². The second kappa shape index (κ2) is 7.85. The van der Waals surface area contributed by atoms with Crippen molar-refractivity contribution in [3.63, 3.8) is 0 Å².